The maximum Gasteiger partial charge on any atom is 0.221 e. The van der Waals surface area contributed by atoms with E-state index in [4.69, 9.17) is 0 Å². The molecule has 2 N–H and O–H groups in total. The Labute approximate surface area is 136 Å². The Kier molecular flexibility index (Phi) is 5.12. The number of halogens is 1. The third-order valence-corrected chi connectivity index (χ3v) is 3.50. The maximum atomic E-state index is 12.1. The lowest BCUT2D eigenvalue weighted by molar-refractivity contribution is -0.114. The van der Waals surface area contributed by atoms with Crippen molar-refractivity contribution in [1.82, 2.24) is 0 Å². The van der Waals surface area contributed by atoms with Gasteiger partial charge in [-0.25, -0.2) is 0 Å². The minimum atomic E-state index is -0.186. The van der Waals surface area contributed by atoms with Gasteiger partial charge in [0.15, 0.2) is 5.78 Å². The second-order valence-electron chi connectivity index (χ2n) is 4.67. The van der Waals surface area contributed by atoms with Crippen LogP contribution in [0.3, 0.4) is 0 Å². The zero-order chi connectivity index (χ0) is 16.1. The summed E-state index contributed by atoms with van der Waals surface area (Å²) < 4.78 is 0.565. The minimum Gasteiger partial charge on any atom is -0.507 e. The number of ketones is 1. The zero-order valence-electron chi connectivity index (χ0n) is 11.8. The van der Waals surface area contributed by atoms with Gasteiger partial charge in [-0.05, 0) is 51.8 Å². The molecule has 0 aliphatic heterocycles. The van der Waals surface area contributed by atoms with Gasteiger partial charge in [0.2, 0.25) is 5.91 Å². The molecule has 0 aliphatic carbocycles. The van der Waals surface area contributed by atoms with E-state index in [0.29, 0.717) is 15.7 Å². The van der Waals surface area contributed by atoms with E-state index in [-0.39, 0.29) is 17.4 Å². The summed E-state index contributed by atoms with van der Waals surface area (Å²) in [6.45, 7) is 1.41. The summed E-state index contributed by atoms with van der Waals surface area (Å²) in [5, 5.41) is 12.1. The first-order valence-corrected chi connectivity index (χ1v) is 7.33. The summed E-state index contributed by atoms with van der Waals surface area (Å²) in [5.41, 5.74) is 1.86. The normalized spacial score (nSPS) is 10.6. The fraction of sp³-hybridized carbons (Fsp3) is 0.0588. The monoisotopic (exact) mass is 359 g/mol. The van der Waals surface area contributed by atoms with Crippen molar-refractivity contribution in [1.29, 1.82) is 0 Å². The van der Waals surface area contributed by atoms with Crippen LogP contribution in [0.5, 0.6) is 5.75 Å². The molecule has 0 radical (unpaired) electrons. The van der Waals surface area contributed by atoms with Crippen LogP contribution in [0.4, 0.5) is 5.69 Å². The van der Waals surface area contributed by atoms with Crippen molar-refractivity contribution in [2.24, 2.45) is 0 Å². The first kappa shape index (κ1) is 16.0. The Balaban J connectivity index is 2.16. The molecule has 22 heavy (non-hydrogen) atoms. The van der Waals surface area contributed by atoms with Crippen LogP contribution in [-0.4, -0.2) is 16.8 Å². The molecular weight excluding hydrogens is 346 g/mol. The summed E-state index contributed by atoms with van der Waals surface area (Å²) >= 11 is 3.22. The fourth-order valence-corrected chi connectivity index (χ4v) is 2.24. The van der Waals surface area contributed by atoms with Crippen LogP contribution in [0.1, 0.15) is 22.8 Å². The van der Waals surface area contributed by atoms with E-state index >= 15 is 0 Å². The number of phenols is 1. The Hall–Kier alpha value is -2.40. The van der Waals surface area contributed by atoms with Crippen molar-refractivity contribution in [3.63, 3.8) is 0 Å². The predicted octanol–water partition coefficient (Wildman–Crippen LogP) is 4.01. The van der Waals surface area contributed by atoms with E-state index in [9.17, 15) is 14.7 Å². The molecule has 1 amide bonds. The quantitative estimate of drug-likeness (QED) is 0.640. The van der Waals surface area contributed by atoms with Gasteiger partial charge in [-0.3, -0.25) is 9.59 Å². The molecule has 0 aromatic heterocycles. The number of hydrogen-bond acceptors (Lipinski definition) is 3. The van der Waals surface area contributed by atoms with Gasteiger partial charge < -0.3 is 10.4 Å². The highest BCUT2D eigenvalue weighted by Crippen LogP contribution is 2.24. The number of anilines is 1. The topological polar surface area (TPSA) is 66.4 Å². The molecule has 2 aromatic carbocycles. The van der Waals surface area contributed by atoms with Crippen molar-refractivity contribution in [2.75, 3.05) is 5.32 Å². The van der Waals surface area contributed by atoms with E-state index in [0.717, 1.165) is 5.56 Å². The molecule has 0 heterocycles. The third-order valence-electron chi connectivity index (χ3n) is 2.87. The van der Waals surface area contributed by atoms with Gasteiger partial charge in [-0.1, -0.05) is 24.3 Å². The Morgan fingerprint density at radius 2 is 1.95 bits per heavy atom. The first-order valence-electron chi connectivity index (χ1n) is 6.54. The summed E-state index contributed by atoms with van der Waals surface area (Å²) in [5.74, 6) is -0.211. The van der Waals surface area contributed by atoms with Crippen LogP contribution >= 0.6 is 15.9 Å². The van der Waals surface area contributed by atoms with E-state index < -0.39 is 0 Å². The van der Waals surface area contributed by atoms with E-state index in [1.807, 2.05) is 0 Å². The van der Waals surface area contributed by atoms with E-state index in [2.05, 4.69) is 21.2 Å². The highest BCUT2D eigenvalue weighted by Gasteiger charge is 2.04. The van der Waals surface area contributed by atoms with Crippen molar-refractivity contribution < 1.29 is 14.7 Å². The number of benzene rings is 2. The van der Waals surface area contributed by atoms with Crippen molar-refractivity contribution in [3.05, 3.63) is 64.1 Å². The van der Waals surface area contributed by atoms with Gasteiger partial charge in [0, 0.05) is 18.2 Å². The van der Waals surface area contributed by atoms with Crippen LogP contribution in [0.25, 0.3) is 6.08 Å². The van der Waals surface area contributed by atoms with Crippen LogP contribution < -0.4 is 5.32 Å². The molecule has 112 valence electrons. The number of allylic oxidation sites excluding steroid dienone is 1. The number of carbonyl (C=O) groups excluding carboxylic acids is 2. The van der Waals surface area contributed by atoms with Gasteiger partial charge in [0.25, 0.3) is 0 Å². The van der Waals surface area contributed by atoms with E-state index in [1.165, 1.54) is 13.0 Å². The second-order valence-corrected chi connectivity index (χ2v) is 5.52. The molecule has 0 atom stereocenters. The smallest absolute Gasteiger partial charge is 0.221 e. The van der Waals surface area contributed by atoms with Gasteiger partial charge >= 0.3 is 0 Å². The maximum absolute atomic E-state index is 12.1. The van der Waals surface area contributed by atoms with Crippen LogP contribution in [0.2, 0.25) is 0 Å². The third kappa shape index (κ3) is 4.30. The summed E-state index contributed by atoms with van der Waals surface area (Å²) in [6, 6.07) is 11.7. The summed E-state index contributed by atoms with van der Waals surface area (Å²) in [6.07, 6.45) is 3.11. The fourth-order valence-electron chi connectivity index (χ4n) is 1.85. The molecule has 2 rings (SSSR count). The lowest BCUT2D eigenvalue weighted by atomic mass is 10.1. The lowest BCUT2D eigenvalue weighted by Crippen LogP contribution is -2.06. The Bertz CT molecular complexity index is 753. The molecule has 5 heteroatoms. The predicted molar refractivity (Wildman–Crippen MR) is 89.9 cm³/mol. The van der Waals surface area contributed by atoms with Gasteiger partial charge in [0.1, 0.15) is 5.75 Å². The highest BCUT2D eigenvalue weighted by atomic mass is 79.9. The number of nitrogens with one attached hydrogen (secondary N) is 1. The van der Waals surface area contributed by atoms with Crippen LogP contribution in [0, 0.1) is 0 Å². The number of amides is 1. The standard InChI is InChI=1S/C17H14BrNO3/c1-11(20)19-14-4-2-3-13(10-14)16(21)7-5-12-6-8-17(22)15(18)9-12/h2-10,22H,1H3,(H,19,20). The van der Waals surface area contributed by atoms with Gasteiger partial charge in [-0.15, -0.1) is 0 Å². The molecule has 0 fully saturated rings. The average Bonchev–Trinajstić information content (AvgIpc) is 2.48. The summed E-state index contributed by atoms with van der Waals surface area (Å²) in [4.78, 5) is 23.2. The highest BCUT2D eigenvalue weighted by molar-refractivity contribution is 9.10. The SMILES string of the molecule is CC(=O)Nc1cccc(C(=O)C=Cc2ccc(O)c(Br)c2)c1. The average molecular weight is 360 g/mol. The zero-order valence-corrected chi connectivity index (χ0v) is 13.4. The second kappa shape index (κ2) is 7.04. The number of phenolic OH excluding ortho intramolecular Hbond substituents is 1. The molecule has 0 saturated carbocycles. The first-order chi connectivity index (χ1) is 10.5. The van der Waals surface area contributed by atoms with Crippen LogP contribution in [-0.2, 0) is 4.79 Å². The molecular formula is C17H14BrNO3. The van der Waals surface area contributed by atoms with E-state index in [1.54, 1.807) is 48.5 Å². The number of carbonyl (C=O) groups is 2. The molecule has 2 aromatic rings. The molecule has 0 bridgehead atoms. The number of aromatic hydroxyl groups is 1. The van der Waals surface area contributed by atoms with Gasteiger partial charge in [-0.2, -0.15) is 0 Å². The lowest BCUT2D eigenvalue weighted by Gasteiger charge is -2.03. The molecule has 0 saturated heterocycles. The minimum absolute atomic E-state index is 0.145. The number of rotatable bonds is 4. The van der Waals surface area contributed by atoms with Crippen molar-refractivity contribution in [3.8, 4) is 5.75 Å². The largest absolute Gasteiger partial charge is 0.507 e. The molecule has 0 unspecified atom stereocenters. The Morgan fingerprint density at radius 3 is 2.64 bits per heavy atom. The summed E-state index contributed by atoms with van der Waals surface area (Å²) in [7, 11) is 0. The molecule has 0 aliphatic rings. The van der Waals surface area contributed by atoms with Crippen LogP contribution in [0.15, 0.2) is 53.0 Å². The van der Waals surface area contributed by atoms with Crippen molar-refractivity contribution in [2.45, 2.75) is 6.92 Å². The number of hydrogen-bond donors (Lipinski definition) is 2. The van der Waals surface area contributed by atoms with Crippen molar-refractivity contribution >= 4 is 39.4 Å². The Morgan fingerprint density at radius 1 is 1.18 bits per heavy atom. The molecule has 0 spiro atoms. The van der Waals surface area contributed by atoms with Gasteiger partial charge in [0.05, 0.1) is 4.47 Å². The molecule has 4 nitrogen and oxygen atoms in total.